The first-order chi connectivity index (χ1) is 12.0. The van der Waals surface area contributed by atoms with E-state index in [9.17, 15) is 14.7 Å². The molecule has 2 heterocycles. The summed E-state index contributed by atoms with van der Waals surface area (Å²) < 4.78 is 11.8. The number of amides is 1. The van der Waals surface area contributed by atoms with Crippen LogP contribution in [-0.2, 0) is 11.3 Å². The molecule has 0 radical (unpaired) electrons. The molecule has 0 saturated heterocycles. The third kappa shape index (κ3) is 3.66. The number of aromatic nitrogens is 1. The monoisotopic (exact) mass is 344 g/mol. The summed E-state index contributed by atoms with van der Waals surface area (Å²) in [6.45, 7) is 3.77. The van der Waals surface area contributed by atoms with E-state index in [1.54, 1.807) is 37.3 Å². The van der Waals surface area contributed by atoms with Crippen LogP contribution in [-0.4, -0.2) is 22.1 Å². The van der Waals surface area contributed by atoms with Crippen LogP contribution in [0.15, 0.2) is 44.0 Å². The average Bonchev–Trinajstić information content (AvgIpc) is 3.06. The molecule has 0 aliphatic carbocycles. The number of nitrogens with zero attached hydrogens (tertiary/aromatic N) is 1. The second-order valence-corrected chi connectivity index (χ2v) is 5.94. The van der Waals surface area contributed by atoms with Crippen LogP contribution in [0.4, 0.5) is 0 Å². The van der Waals surface area contributed by atoms with Crippen LogP contribution < -0.4 is 11.1 Å². The Balaban J connectivity index is 1.57. The molecule has 1 atom stereocenters. The molecule has 0 bridgehead atoms. The first kappa shape index (κ1) is 17.0. The number of aryl methyl sites for hydroxylation is 2. The van der Waals surface area contributed by atoms with E-state index in [1.165, 1.54) is 4.57 Å². The largest absolute Gasteiger partial charge is 0.466 e. The lowest BCUT2D eigenvalue weighted by Gasteiger charge is -2.10. The second-order valence-electron chi connectivity index (χ2n) is 5.94. The summed E-state index contributed by atoms with van der Waals surface area (Å²) in [6, 6.07) is 8.73. The lowest BCUT2D eigenvalue weighted by atomic mass is 10.1. The number of hydrogen-bond donors (Lipinski definition) is 2. The number of fused-ring (bicyclic) bond motifs is 1. The highest BCUT2D eigenvalue weighted by molar-refractivity contribution is 5.79. The number of hydrogen-bond acceptors (Lipinski definition) is 5. The Morgan fingerprint density at radius 2 is 2.04 bits per heavy atom. The molecule has 0 unspecified atom stereocenters. The van der Waals surface area contributed by atoms with E-state index in [-0.39, 0.29) is 19.0 Å². The van der Waals surface area contributed by atoms with Gasteiger partial charge in [-0.25, -0.2) is 4.79 Å². The fraction of sp³-hybridized carbons (Fsp3) is 0.333. The molecule has 2 N–H and O–H groups in total. The fourth-order valence-electron chi connectivity index (χ4n) is 2.85. The standard InChI is InChI=1S/C18H20N2O5/c1-11-9-13(12(2)24-11)15(21)7-8-19-17(22)10-20-14-5-3-4-6-16(14)25-18(20)23/h3-6,9,15,21H,7-8,10H2,1-2H3,(H,19,22)/t15-/m1/s1. The van der Waals surface area contributed by atoms with Gasteiger partial charge in [-0.2, -0.15) is 0 Å². The van der Waals surface area contributed by atoms with Crippen molar-refractivity contribution in [2.75, 3.05) is 6.54 Å². The van der Waals surface area contributed by atoms with Gasteiger partial charge in [0.2, 0.25) is 5.91 Å². The molecule has 1 amide bonds. The third-order valence-electron chi connectivity index (χ3n) is 4.05. The van der Waals surface area contributed by atoms with Gasteiger partial charge in [-0.05, 0) is 38.5 Å². The van der Waals surface area contributed by atoms with E-state index in [2.05, 4.69) is 5.32 Å². The zero-order valence-corrected chi connectivity index (χ0v) is 14.1. The van der Waals surface area contributed by atoms with Gasteiger partial charge >= 0.3 is 5.76 Å². The lowest BCUT2D eigenvalue weighted by Crippen LogP contribution is -2.32. The van der Waals surface area contributed by atoms with Gasteiger partial charge in [0.05, 0.1) is 11.6 Å². The summed E-state index contributed by atoms with van der Waals surface area (Å²) >= 11 is 0. The van der Waals surface area contributed by atoms with Crippen LogP contribution >= 0.6 is 0 Å². The van der Waals surface area contributed by atoms with Crippen LogP contribution in [0.3, 0.4) is 0 Å². The first-order valence-electron chi connectivity index (χ1n) is 8.06. The highest BCUT2D eigenvalue weighted by atomic mass is 16.4. The van der Waals surface area contributed by atoms with Gasteiger partial charge in [0.1, 0.15) is 18.1 Å². The summed E-state index contributed by atoms with van der Waals surface area (Å²) in [4.78, 5) is 23.9. The van der Waals surface area contributed by atoms with Crippen LogP contribution in [0.1, 0.15) is 29.6 Å². The second kappa shape index (κ2) is 6.98. The van der Waals surface area contributed by atoms with Crippen LogP contribution in [0.2, 0.25) is 0 Å². The predicted octanol–water partition coefficient (Wildman–Crippen LogP) is 2.04. The Morgan fingerprint density at radius 1 is 1.28 bits per heavy atom. The number of nitrogens with one attached hydrogen (secondary N) is 1. The summed E-state index contributed by atoms with van der Waals surface area (Å²) in [5, 5.41) is 12.9. The maximum absolute atomic E-state index is 12.1. The van der Waals surface area contributed by atoms with Crippen LogP contribution in [0.25, 0.3) is 11.1 Å². The van der Waals surface area contributed by atoms with E-state index >= 15 is 0 Å². The number of furan rings is 1. The molecule has 3 rings (SSSR count). The van der Waals surface area contributed by atoms with Crippen molar-refractivity contribution in [2.45, 2.75) is 32.9 Å². The van der Waals surface area contributed by atoms with E-state index in [0.29, 0.717) is 23.3 Å². The van der Waals surface area contributed by atoms with Crippen molar-refractivity contribution < 1.29 is 18.7 Å². The minimum atomic E-state index is -0.713. The number of oxazole rings is 1. The molecule has 2 aromatic heterocycles. The highest BCUT2D eigenvalue weighted by Crippen LogP contribution is 2.23. The number of rotatable bonds is 6. The smallest absolute Gasteiger partial charge is 0.420 e. The molecule has 0 fully saturated rings. The average molecular weight is 344 g/mol. The van der Waals surface area contributed by atoms with Crippen molar-refractivity contribution in [2.24, 2.45) is 0 Å². The molecule has 25 heavy (non-hydrogen) atoms. The molecular weight excluding hydrogens is 324 g/mol. The topological polar surface area (TPSA) is 97.6 Å². The van der Waals surface area contributed by atoms with Crippen molar-refractivity contribution in [3.63, 3.8) is 0 Å². The Hall–Kier alpha value is -2.80. The summed E-state index contributed by atoms with van der Waals surface area (Å²) in [7, 11) is 0. The number of carbonyl (C=O) groups excluding carboxylic acids is 1. The van der Waals surface area contributed by atoms with Gasteiger partial charge in [0.25, 0.3) is 0 Å². The molecule has 3 aromatic rings. The minimum absolute atomic E-state index is 0.129. The molecule has 7 nitrogen and oxygen atoms in total. The maximum atomic E-state index is 12.1. The zero-order valence-electron chi connectivity index (χ0n) is 14.1. The molecule has 0 aliphatic heterocycles. The normalized spacial score (nSPS) is 12.4. The van der Waals surface area contributed by atoms with Gasteiger partial charge in [-0.15, -0.1) is 0 Å². The summed E-state index contributed by atoms with van der Waals surface area (Å²) in [5.74, 6) is 0.524. The minimum Gasteiger partial charge on any atom is -0.466 e. The number of benzene rings is 1. The molecule has 0 spiro atoms. The van der Waals surface area contributed by atoms with Crippen LogP contribution in [0.5, 0.6) is 0 Å². The molecule has 1 aromatic carbocycles. The molecule has 7 heteroatoms. The summed E-state index contributed by atoms with van der Waals surface area (Å²) in [5.41, 5.74) is 1.75. The van der Waals surface area contributed by atoms with Gasteiger partial charge in [-0.1, -0.05) is 12.1 Å². The SMILES string of the molecule is Cc1cc([C@H](O)CCNC(=O)Cn2c(=O)oc3ccccc32)c(C)o1. The van der Waals surface area contributed by atoms with Crippen molar-refractivity contribution >= 4 is 17.0 Å². The molecule has 132 valence electrons. The number of aliphatic hydroxyl groups excluding tert-OH is 1. The van der Waals surface area contributed by atoms with E-state index < -0.39 is 11.9 Å². The Kier molecular flexibility index (Phi) is 4.76. The maximum Gasteiger partial charge on any atom is 0.420 e. The Bertz CT molecular complexity index is 950. The quantitative estimate of drug-likeness (QED) is 0.713. The van der Waals surface area contributed by atoms with Crippen molar-refractivity contribution in [3.8, 4) is 0 Å². The predicted molar refractivity (Wildman–Crippen MR) is 91.2 cm³/mol. The van der Waals surface area contributed by atoms with Crippen molar-refractivity contribution in [1.82, 2.24) is 9.88 Å². The Labute approximate surface area is 143 Å². The zero-order chi connectivity index (χ0) is 18.0. The number of aliphatic hydroxyl groups is 1. The van der Waals surface area contributed by atoms with E-state index in [1.807, 2.05) is 6.92 Å². The van der Waals surface area contributed by atoms with Gasteiger partial charge in [-0.3, -0.25) is 9.36 Å². The van der Waals surface area contributed by atoms with Crippen LogP contribution in [0, 0.1) is 13.8 Å². The first-order valence-corrected chi connectivity index (χ1v) is 8.06. The van der Waals surface area contributed by atoms with E-state index in [0.717, 1.165) is 11.3 Å². The lowest BCUT2D eigenvalue weighted by molar-refractivity contribution is -0.121. The third-order valence-corrected chi connectivity index (χ3v) is 4.05. The van der Waals surface area contributed by atoms with Crippen molar-refractivity contribution in [3.05, 3.63) is 58.0 Å². The van der Waals surface area contributed by atoms with Gasteiger partial charge in [0.15, 0.2) is 5.58 Å². The van der Waals surface area contributed by atoms with E-state index in [4.69, 9.17) is 8.83 Å². The highest BCUT2D eigenvalue weighted by Gasteiger charge is 2.16. The summed E-state index contributed by atoms with van der Waals surface area (Å²) in [6.07, 6.45) is -0.359. The van der Waals surface area contributed by atoms with Gasteiger partial charge in [0, 0.05) is 12.1 Å². The van der Waals surface area contributed by atoms with Crippen molar-refractivity contribution in [1.29, 1.82) is 0 Å². The molecular formula is C18H20N2O5. The number of para-hydroxylation sites is 2. The fourth-order valence-corrected chi connectivity index (χ4v) is 2.85. The molecule has 0 saturated carbocycles. The van der Waals surface area contributed by atoms with Gasteiger partial charge < -0.3 is 19.3 Å². The molecule has 0 aliphatic rings. The number of carbonyl (C=O) groups is 1. The Morgan fingerprint density at radius 3 is 2.76 bits per heavy atom.